The third-order valence-electron chi connectivity index (χ3n) is 5.64. The van der Waals surface area contributed by atoms with Crippen LogP contribution in [0, 0.1) is 0 Å². The average molecular weight is 454 g/mol. The van der Waals surface area contributed by atoms with Gasteiger partial charge in [-0.05, 0) is 49.6 Å². The molecule has 0 amide bonds. The van der Waals surface area contributed by atoms with Crippen LogP contribution in [0.25, 0.3) is 22.9 Å². The lowest BCUT2D eigenvalue weighted by molar-refractivity contribution is 0.428. The molecule has 9 heteroatoms. The van der Waals surface area contributed by atoms with E-state index in [0.29, 0.717) is 21.3 Å². The predicted molar refractivity (Wildman–Crippen MR) is 124 cm³/mol. The van der Waals surface area contributed by atoms with Crippen LogP contribution in [0.3, 0.4) is 0 Å². The van der Waals surface area contributed by atoms with E-state index in [4.69, 9.17) is 11.6 Å². The van der Waals surface area contributed by atoms with Crippen LogP contribution in [0.2, 0.25) is 5.02 Å². The number of aromatic nitrogens is 2. The Morgan fingerprint density at radius 1 is 1.13 bits per heavy atom. The first kappa shape index (κ1) is 20.0. The molecule has 2 aliphatic heterocycles. The van der Waals surface area contributed by atoms with Crippen molar-refractivity contribution in [1.29, 1.82) is 0 Å². The van der Waals surface area contributed by atoms with Gasteiger partial charge < -0.3 is 10.0 Å². The Kier molecular flexibility index (Phi) is 5.11. The molecule has 0 bridgehead atoms. The number of aromatic hydroxyl groups is 1. The van der Waals surface area contributed by atoms with Crippen LogP contribution in [0.1, 0.15) is 29.7 Å². The third-order valence-corrected chi connectivity index (χ3v) is 6.92. The molecule has 158 valence electrons. The zero-order chi connectivity index (χ0) is 21.5. The summed E-state index contributed by atoms with van der Waals surface area (Å²) in [5, 5.41) is 19.1. The number of piperidine rings is 1. The number of anilines is 1. The molecule has 5 rings (SSSR count). The van der Waals surface area contributed by atoms with Gasteiger partial charge in [0.15, 0.2) is 0 Å². The van der Waals surface area contributed by atoms with Crippen molar-refractivity contribution < 1.29 is 5.11 Å². The maximum atomic E-state index is 11.8. The van der Waals surface area contributed by atoms with Gasteiger partial charge in [-0.15, -0.1) is 10.2 Å². The summed E-state index contributed by atoms with van der Waals surface area (Å²) in [4.78, 5) is 19.0. The Morgan fingerprint density at radius 2 is 1.94 bits per heavy atom. The zero-order valence-corrected chi connectivity index (χ0v) is 18.4. The van der Waals surface area contributed by atoms with Crippen LogP contribution < -0.4 is 9.77 Å². The Morgan fingerprint density at radius 3 is 2.61 bits per heavy atom. The van der Waals surface area contributed by atoms with Crippen molar-refractivity contribution in [2.24, 2.45) is 17.3 Å². The smallest absolute Gasteiger partial charge is 0.310 e. The number of thiazole rings is 1. The molecule has 1 saturated heterocycles. The highest BCUT2D eigenvalue weighted by Crippen LogP contribution is 2.43. The molecular weight excluding hydrogens is 434 g/mol. The second kappa shape index (κ2) is 7.94. The largest absolute Gasteiger partial charge is 0.493 e. The molecule has 0 radical (unpaired) electrons. The van der Waals surface area contributed by atoms with E-state index in [1.807, 2.05) is 24.4 Å². The lowest BCUT2D eigenvalue weighted by atomic mass is 10.0. The van der Waals surface area contributed by atoms with Crippen molar-refractivity contribution in [3.8, 4) is 17.0 Å². The lowest BCUT2D eigenvalue weighted by Crippen LogP contribution is -2.29. The number of hydrogen-bond donors (Lipinski definition) is 1. The molecule has 1 aromatic carbocycles. The fourth-order valence-corrected chi connectivity index (χ4v) is 4.95. The summed E-state index contributed by atoms with van der Waals surface area (Å²) >= 11 is 7.51. The fourth-order valence-electron chi connectivity index (χ4n) is 3.87. The summed E-state index contributed by atoms with van der Waals surface area (Å²) in [6.45, 7) is 2.09. The summed E-state index contributed by atoms with van der Waals surface area (Å²) in [6.07, 6.45) is 7.20. The first-order chi connectivity index (χ1) is 15.0. The Labute approximate surface area is 188 Å². The van der Waals surface area contributed by atoms with Crippen LogP contribution in [-0.2, 0) is 7.05 Å². The Bertz CT molecular complexity index is 1270. The highest BCUT2D eigenvalue weighted by molar-refractivity contribution is 7.10. The summed E-state index contributed by atoms with van der Waals surface area (Å²) in [6, 6.07) is 7.79. The van der Waals surface area contributed by atoms with Crippen LogP contribution >= 0.6 is 22.9 Å². The topological polar surface area (TPSA) is 83.1 Å². The number of halogens is 1. The van der Waals surface area contributed by atoms with E-state index in [1.165, 1.54) is 30.9 Å². The van der Waals surface area contributed by atoms with E-state index < -0.39 is 0 Å². The first-order valence-corrected chi connectivity index (χ1v) is 11.3. The van der Waals surface area contributed by atoms with Gasteiger partial charge in [-0.2, -0.15) is 0 Å². The molecule has 31 heavy (non-hydrogen) atoms. The lowest BCUT2D eigenvalue weighted by Gasteiger charge is -2.27. The highest BCUT2D eigenvalue weighted by Gasteiger charge is 2.20. The van der Waals surface area contributed by atoms with Gasteiger partial charge >= 0.3 is 4.87 Å². The normalized spacial score (nSPS) is 16.8. The fraction of sp³-hybridized carbons (Fsp3) is 0.273. The van der Waals surface area contributed by atoms with Crippen molar-refractivity contribution in [1.82, 2.24) is 9.55 Å². The van der Waals surface area contributed by atoms with Crippen LogP contribution in [-0.4, -0.2) is 27.7 Å². The number of pyridine rings is 1. The maximum absolute atomic E-state index is 11.8. The quantitative estimate of drug-likeness (QED) is 0.571. The van der Waals surface area contributed by atoms with Gasteiger partial charge in [0.05, 0.1) is 21.3 Å². The predicted octanol–water partition coefficient (Wildman–Crippen LogP) is 5.45. The molecule has 1 N–H and O–H groups in total. The van der Waals surface area contributed by atoms with Crippen molar-refractivity contribution in [2.75, 3.05) is 18.0 Å². The van der Waals surface area contributed by atoms with E-state index >= 15 is 0 Å². The van der Waals surface area contributed by atoms with E-state index in [0.717, 1.165) is 46.9 Å². The zero-order valence-electron chi connectivity index (χ0n) is 16.9. The SMILES string of the molecule is Cn1c(O)c(/C=C2\N=Nc3cc(Cl)c(-c4ccc(N5CCCCC5)nc4)cc32)sc1=O. The molecule has 0 unspecified atom stereocenters. The van der Waals surface area contributed by atoms with Crippen LogP contribution in [0.5, 0.6) is 5.88 Å². The third kappa shape index (κ3) is 3.66. The van der Waals surface area contributed by atoms with Gasteiger partial charge in [-0.1, -0.05) is 22.9 Å². The second-order valence-electron chi connectivity index (χ2n) is 7.65. The molecule has 2 aliphatic rings. The van der Waals surface area contributed by atoms with Crippen molar-refractivity contribution in [2.45, 2.75) is 19.3 Å². The number of rotatable bonds is 3. The minimum atomic E-state index is -0.240. The Hall–Kier alpha value is -2.97. The van der Waals surface area contributed by atoms with E-state index in [2.05, 4.69) is 20.1 Å². The molecule has 0 spiro atoms. The van der Waals surface area contributed by atoms with Gasteiger partial charge in [0.2, 0.25) is 5.88 Å². The second-order valence-corrected chi connectivity index (χ2v) is 9.05. The van der Waals surface area contributed by atoms with Gasteiger partial charge in [-0.3, -0.25) is 9.36 Å². The number of nitrogens with zero attached hydrogens (tertiary/aromatic N) is 5. The molecule has 2 aromatic heterocycles. The number of hydrogen-bond acceptors (Lipinski definition) is 7. The molecule has 0 aliphatic carbocycles. The molecule has 0 atom stereocenters. The average Bonchev–Trinajstić information content (AvgIpc) is 3.29. The van der Waals surface area contributed by atoms with Gasteiger partial charge in [0.25, 0.3) is 0 Å². The first-order valence-electron chi connectivity index (χ1n) is 10.1. The summed E-state index contributed by atoms with van der Waals surface area (Å²) in [5.74, 6) is 0.901. The van der Waals surface area contributed by atoms with Crippen molar-refractivity contribution in [3.63, 3.8) is 0 Å². The van der Waals surface area contributed by atoms with Crippen LogP contribution in [0.15, 0.2) is 45.5 Å². The Balaban J connectivity index is 1.50. The minimum absolute atomic E-state index is 0.0853. The van der Waals surface area contributed by atoms with Gasteiger partial charge in [0, 0.05) is 43.0 Å². The van der Waals surface area contributed by atoms with Gasteiger partial charge in [-0.25, -0.2) is 4.98 Å². The molecule has 0 saturated carbocycles. The summed E-state index contributed by atoms with van der Waals surface area (Å²) in [5.41, 5.74) is 3.76. The molecular formula is C22H20ClN5O2S. The minimum Gasteiger partial charge on any atom is -0.493 e. The molecule has 4 heterocycles. The standard InChI is InChI=1S/C22H20ClN5O2S/c1-27-21(29)19(31-22(27)30)11-18-15-9-14(16(23)10-17(15)25-26-18)13-5-6-20(24-12-13)28-7-3-2-4-8-28/h5-6,9-12,29H,2-4,7-8H2,1H3/b18-11-. The summed E-state index contributed by atoms with van der Waals surface area (Å²) < 4.78 is 1.20. The van der Waals surface area contributed by atoms with E-state index in [1.54, 1.807) is 12.1 Å². The molecule has 1 fully saturated rings. The molecule has 3 aromatic rings. The van der Waals surface area contributed by atoms with E-state index in [9.17, 15) is 9.90 Å². The number of fused-ring (bicyclic) bond motifs is 1. The molecule has 7 nitrogen and oxygen atoms in total. The van der Waals surface area contributed by atoms with Crippen molar-refractivity contribution >= 4 is 46.2 Å². The van der Waals surface area contributed by atoms with Crippen molar-refractivity contribution in [3.05, 3.63) is 55.6 Å². The number of azo groups is 1. The van der Waals surface area contributed by atoms with E-state index in [-0.39, 0.29) is 10.8 Å². The summed E-state index contributed by atoms with van der Waals surface area (Å²) in [7, 11) is 1.53. The highest BCUT2D eigenvalue weighted by atomic mass is 35.5. The monoisotopic (exact) mass is 453 g/mol. The van der Waals surface area contributed by atoms with Gasteiger partial charge in [0.1, 0.15) is 5.82 Å². The number of benzene rings is 1. The van der Waals surface area contributed by atoms with Crippen LogP contribution in [0.4, 0.5) is 11.5 Å². The maximum Gasteiger partial charge on any atom is 0.310 e.